The Hall–Kier alpha value is -3.52. The van der Waals surface area contributed by atoms with E-state index in [0.717, 1.165) is 0 Å². The van der Waals surface area contributed by atoms with Crippen LogP contribution in [0, 0.1) is 66.2 Å². The predicted octanol–water partition coefficient (Wildman–Crippen LogP) is 18.5. The number of hydrogen-bond donors (Lipinski definition) is 0. The van der Waals surface area contributed by atoms with E-state index < -0.39 is 21.5 Å². The molecule has 4 heteroatoms. The molecule has 0 saturated carbocycles. The standard InChI is InChI=1S/2C29H31.C2H7Si.2ClH.Zr/c2*1-18-10-19(2)13-22(12-18)25-8-9-26(23-14-20(3)11-21(4)15-23)28-17-24(16-27(25)28)29(5,6)7;1-3-2;;;/h2*8-17H,1-7H3;3H,1-2H3;2*1H;/q;;;;;+2/p-2. The van der Waals surface area contributed by atoms with Gasteiger partial charge in [0.25, 0.3) is 0 Å². The number of allylic oxidation sites excluding steroid dienone is 2. The van der Waals surface area contributed by atoms with Crippen LogP contribution < -0.4 is 0 Å². The van der Waals surface area contributed by atoms with Gasteiger partial charge in [-0.25, -0.2) is 0 Å². The Balaban J connectivity index is 1.56. The molecule has 331 valence electrons. The van der Waals surface area contributed by atoms with Crippen LogP contribution >= 0.6 is 17.0 Å². The number of halogens is 2. The average molecular weight is 980 g/mol. The third-order valence-corrected chi connectivity index (χ3v) is 65.9. The Bertz CT molecular complexity index is 2690. The molecule has 0 nitrogen and oxygen atoms in total. The van der Waals surface area contributed by atoms with Gasteiger partial charge in [-0.05, 0) is 0 Å². The van der Waals surface area contributed by atoms with Crippen molar-refractivity contribution in [2.24, 2.45) is 10.8 Å². The zero-order valence-electron chi connectivity index (χ0n) is 41.4. The molecule has 0 bridgehead atoms. The first-order chi connectivity index (χ1) is 29.8. The quantitative estimate of drug-likeness (QED) is 0.140. The molecule has 2 atom stereocenters. The van der Waals surface area contributed by atoms with Crippen molar-refractivity contribution < 1.29 is 15.6 Å². The molecule has 0 radical (unpaired) electrons. The first kappa shape index (κ1) is 47.0. The fraction of sp³-hybridized carbons (Fsp3) is 0.333. The van der Waals surface area contributed by atoms with Gasteiger partial charge in [0.05, 0.1) is 0 Å². The van der Waals surface area contributed by atoms with Crippen LogP contribution in [0.3, 0.4) is 0 Å². The van der Waals surface area contributed by atoms with Gasteiger partial charge in [-0.3, -0.25) is 0 Å². The summed E-state index contributed by atoms with van der Waals surface area (Å²) >= 11 is -5.52. The Labute approximate surface area is 395 Å². The van der Waals surface area contributed by atoms with Crippen molar-refractivity contribution in [2.45, 2.75) is 117 Å². The average Bonchev–Trinajstić information content (AvgIpc) is 3.79. The van der Waals surface area contributed by atoms with Crippen molar-refractivity contribution in [3.8, 4) is 44.5 Å². The van der Waals surface area contributed by atoms with Crippen LogP contribution in [0.5, 0.6) is 0 Å². The molecule has 0 aliphatic heterocycles. The van der Waals surface area contributed by atoms with Crippen molar-refractivity contribution >= 4 is 35.1 Å². The van der Waals surface area contributed by atoms with Crippen LogP contribution in [0.25, 0.3) is 56.7 Å². The summed E-state index contributed by atoms with van der Waals surface area (Å²) < 4.78 is -0.237. The van der Waals surface area contributed by atoms with Gasteiger partial charge in [0, 0.05) is 0 Å². The minimum atomic E-state index is -5.52. The second kappa shape index (κ2) is 16.4. The van der Waals surface area contributed by atoms with Crippen molar-refractivity contribution in [1.82, 2.24) is 0 Å². The first-order valence-electron chi connectivity index (χ1n) is 23.5. The van der Waals surface area contributed by atoms with Gasteiger partial charge in [-0.1, -0.05) is 0 Å². The van der Waals surface area contributed by atoms with Gasteiger partial charge < -0.3 is 0 Å². The van der Waals surface area contributed by atoms with E-state index >= 15 is 0 Å². The van der Waals surface area contributed by atoms with Crippen LogP contribution in [-0.2, 0) is 15.6 Å². The molecule has 2 aliphatic carbocycles. The molecule has 0 aromatic heterocycles. The maximum absolute atomic E-state index is 9.50. The van der Waals surface area contributed by atoms with Crippen LogP contribution in [0.15, 0.2) is 108 Å². The molecule has 8 rings (SSSR count). The van der Waals surface area contributed by atoms with Gasteiger partial charge >= 0.3 is 398 Å². The summed E-state index contributed by atoms with van der Waals surface area (Å²) in [7, 11) is 19.0. The topological polar surface area (TPSA) is 0 Å². The minimum absolute atomic E-state index is 0.119. The zero-order valence-corrected chi connectivity index (χ0v) is 46.5. The number of aryl methyl sites for hydroxylation is 8. The molecule has 0 saturated heterocycles. The second-order valence-corrected chi connectivity index (χ2v) is 64.9. The van der Waals surface area contributed by atoms with Crippen molar-refractivity contribution in [3.05, 3.63) is 175 Å². The van der Waals surface area contributed by atoms with E-state index in [1.807, 2.05) is 0 Å². The molecule has 0 N–H and O–H groups in total. The molecule has 64 heavy (non-hydrogen) atoms. The van der Waals surface area contributed by atoms with Crippen LogP contribution in [0.1, 0.15) is 116 Å². The molecule has 0 fully saturated rings. The van der Waals surface area contributed by atoms with E-state index in [9.17, 15) is 17.0 Å². The zero-order chi connectivity index (χ0) is 46.6. The summed E-state index contributed by atoms with van der Waals surface area (Å²) in [5.74, 6) is -1.98. The first-order valence-corrected chi connectivity index (χ1v) is 39.8. The van der Waals surface area contributed by atoms with Crippen molar-refractivity contribution in [2.75, 3.05) is 0 Å². The molecule has 6 aromatic rings. The van der Waals surface area contributed by atoms with Gasteiger partial charge in [0.1, 0.15) is 0 Å². The van der Waals surface area contributed by atoms with Crippen LogP contribution in [0.4, 0.5) is 0 Å². The predicted molar refractivity (Wildman–Crippen MR) is 283 cm³/mol. The monoisotopic (exact) mass is 977 g/mol. The molecular weight excluding hydrogens is 911 g/mol. The van der Waals surface area contributed by atoms with Crippen LogP contribution in [0.2, 0.25) is 13.1 Å². The SMILES string of the molecule is Cc1cc(C)cc(-c2ccc(-c3cc(C)cc(C)c3)c3c2C=C(C(C)(C)C)[CH]3[Zr]([Cl])([Cl])([CH]2C(C(C)(C)C)=Cc3c(-c4cc(C)cc(C)c4)ccc(-c4cc(C)cc(C)c4)c32)[SiH](C)C)c1. The molecule has 0 spiro atoms. The van der Waals surface area contributed by atoms with Crippen molar-refractivity contribution in [1.29, 1.82) is 0 Å². The molecular formula is C60H69Cl2SiZr. The second-order valence-electron chi connectivity index (χ2n) is 22.4. The van der Waals surface area contributed by atoms with Gasteiger partial charge in [-0.2, -0.15) is 0 Å². The number of rotatable bonds is 7. The third kappa shape index (κ3) is 8.10. The third-order valence-electron chi connectivity index (χ3n) is 14.4. The van der Waals surface area contributed by atoms with E-state index in [-0.39, 0.29) is 18.1 Å². The number of fused-ring (bicyclic) bond motifs is 2. The van der Waals surface area contributed by atoms with Crippen molar-refractivity contribution in [3.63, 3.8) is 0 Å². The molecule has 2 aliphatic rings. The number of benzene rings is 6. The number of hydrogen-bond acceptors (Lipinski definition) is 0. The Morgan fingerprint density at radius 2 is 0.625 bits per heavy atom. The molecule has 0 amide bonds. The van der Waals surface area contributed by atoms with E-state index in [4.69, 9.17) is 0 Å². The van der Waals surface area contributed by atoms with Gasteiger partial charge in [0.2, 0.25) is 0 Å². The molecule has 6 aromatic carbocycles. The molecule has 0 heterocycles. The summed E-state index contributed by atoms with van der Waals surface area (Å²) in [4.78, 5) is 0. The van der Waals surface area contributed by atoms with E-state index in [1.54, 1.807) is 0 Å². The summed E-state index contributed by atoms with van der Waals surface area (Å²) in [6.07, 6.45) is 5.14. The Morgan fingerprint density at radius 3 is 0.859 bits per heavy atom. The normalized spacial score (nSPS) is 17.0. The molecule has 2 unspecified atom stereocenters. The van der Waals surface area contributed by atoms with Gasteiger partial charge in [0.15, 0.2) is 0 Å². The van der Waals surface area contributed by atoms with E-state index in [0.29, 0.717) is 0 Å². The summed E-state index contributed by atoms with van der Waals surface area (Å²) in [5.41, 5.74) is 27.9. The maximum atomic E-state index is 9.50. The van der Waals surface area contributed by atoms with E-state index in [2.05, 4.69) is 219 Å². The fourth-order valence-electron chi connectivity index (χ4n) is 11.8. The Kier molecular flexibility index (Phi) is 12.0. The Morgan fingerprint density at radius 1 is 0.391 bits per heavy atom. The summed E-state index contributed by atoms with van der Waals surface area (Å²) in [6, 6.07) is 37.7. The summed E-state index contributed by atoms with van der Waals surface area (Å²) in [5, 5.41) is 0. The van der Waals surface area contributed by atoms with Crippen LogP contribution in [-0.4, -0.2) is 5.92 Å². The van der Waals surface area contributed by atoms with Gasteiger partial charge in [-0.15, -0.1) is 0 Å². The van der Waals surface area contributed by atoms with E-state index in [1.165, 1.54) is 122 Å². The fourth-order valence-corrected chi connectivity index (χ4v) is 42.9. The summed E-state index contributed by atoms with van der Waals surface area (Å²) in [6.45, 7) is 37.2.